The van der Waals surface area contributed by atoms with Crippen molar-refractivity contribution in [3.05, 3.63) is 71.6 Å². The van der Waals surface area contributed by atoms with Gasteiger partial charge in [0.15, 0.2) is 12.1 Å². The van der Waals surface area contributed by atoms with Crippen LogP contribution in [-0.2, 0) is 39.8 Å². The summed E-state index contributed by atoms with van der Waals surface area (Å²) >= 11 is 0. The van der Waals surface area contributed by atoms with Crippen LogP contribution in [0.1, 0.15) is 65.9 Å². The Kier molecular flexibility index (Phi) is 18.1. The number of carbonyl (C=O) groups excluding carboxylic acids is 3. The van der Waals surface area contributed by atoms with Crippen LogP contribution >= 0.6 is 0 Å². The number of halogens is 2. The lowest BCUT2D eigenvalue weighted by Gasteiger charge is -2.48. The number of aliphatic hydroxyl groups is 2. The van der Waals surface area contributed by atoms with E-state index in [9.17, 15) is 33.4 Å². The zero-order valence-corrected chi connectivity index (χ0v) is 32.1. The summed E-state index contributed by atoms with van der Waals surface area (Å²) in [5.74, 6) is -3.90. The first-order chi connectivity index (χ1) is 25.2. The molecule has 0 saturated carbocycles. The molecule has 0 spiro atoms. The third-order valence-corrected chi connectivity index (χ3v) is 10.3. The van der Waals surface area contributed by atoms with E-state index in [2.05, 4.69) is 0 Å². The molecule has 12 atom stereocenters. The number of ether oxygens (including phenoxy) is 4. The smallest absolute Gasteiger partial charge is 0.308 e. The van der Waals surface area contributed by atoms with Crippen molar-refractivity contribution >= 4 is 18.0 Å². The maximum absolute atomic E-state index is 14.1. The number of esters is 1. The summed E-state index contributed by atoms with van der Waals surface area (Å²) in [5.41, 5.74) is 1.58. The first-order valence-electron chi connectivity index (χ1n) is 18.6. The van der Waals surface area contributed by atoms with Gasteiger partial charge in [-0.1, -0.05) is 62.8 Å². The van der Waals surface area contributed by atoms with E-state index in [1.54, 1.807) is 73.0 Å². The van der Waals surface area contributed by atoms with Crippen molar-refractivity contribution in [1.29, 1.82) is 0 Å². The summed E-state index contributed by atoms with van der Waals surface area (Å²) in [6.45, 7) is 8.18. The Morgan fingerprint density at radius 3 is 2.36 bits per heavy atom. The number of hydrogen-bond donors (Lipinski definition) is 2. The Morgan fingerprint density at radius 2 is 1.74 bits per heavy atom. The van der Waals surface area contributed by atoms with Gasteiger partial charge in [0, 0.05) is 24.2 Å². The number of rotatable bonds is 12. The fourth-order valence-electron chi connectivity index (χ4n) is 7.19. The highest BCUT2D eigenvalue weighted by molar-refractivity contribution is 5.91. The predicted octanol–water partition coefficient (Wildman–Crippen LogP) is 5.34. The molecule has 1 aromatic rings. The molecule has 296 valence electrons. The van der Waals surface area contributed by atoms with Crippen LogP contribution in [0.25, 0.3) is 0 Å². The number of aliphatic hydroxyl groups excluding tert-OH is 2. The average Bonchev–Trinajstić information content (AvgIpc) is 3.12. The molecule has 1 aromatic carbocycles. The van der Waals surface area contributed by atoms with Gasteiger partial charge in [-0.2, -0.15) is 0 Å². The van der Waals surface area contributed by atoms with E-state index in [0.717, 1.165) is 11.8 Å². The van der Waals surface area contributed by atoms with Gasteiger partial charge in [-0.05, 0) is 76.9 Å². The number of likely N-dealkylation sites (N-methyl/N-ethyl adjacent to an activating group) is 1. The van der Waals surface area contributed by atoms with Crippen LogP contribution in [0, 0.1) is 29.5 Å². The molecule has 12 heteroatoms. The average molecular weight is 748 g/mol. The molecule has 1 fully saturated rings. The van der Waals surface area contributed by atoms with Gasteiger partial charge >= 0.3 is 5.97 Å². The van der Waals surface area contributed by atoms with Crippen LogP contribution in [0.4, 0.5) is 8.78 Å². The first kappa shape index (κ1) is 44.3. The molecular formula is C41H59F2NO9. The van der Waals surface area contributed by atoms with Crippen molar-refractivity contribution in [1.82, 2.24) is 4.90 Å². The van der Waals surface area contributed by atoms with E-state index >= 15 is 0 Å². The third-order valence-electron chi connectivity index (χ3n) is 10.3. The molecule has 0 radical (unpaired) electrons. The number of allylic oxidation sites excluding steroid dienone is 4. The van der Waals surface area contributed by atoms with E-state index < -0.39 is 91.7 Å². The van der Waals surface area contributed by atoms with E-state index in [0.29, 0.717) is 18.4 Å². The standard InChI is InChI=1S/C41H59F2NO9/c1-8-35-31(24-42)21-25(2)12-17-33(46)26(3)22-30(18-19-45)39(27(4)34(47)23-36(48)52-35)53-41-38(49)37(44(6)7)40(28(5)51-41)50-20-10-9-11-29-13-15-32(43)16-14-29/h9-10,12-17,19,21,26-28,30-31,34-35,37-41,47,49H,8,11,18,20,22-24H2,1-7H3/b10-9+,17-12+,25-21+/t26-,27+,28-,30+,31-,34-,35-,37-,38-,39-,40-,41+/m1/s1. The van der Waals surface area contributed by atoms with Gasteiger partial charge in [-0.3, -0.25) is 14.0 Å². The van der Waals surface area contributed by atoms with Crippen LogP contribution in [0.5, 0.6) is 0 Å². The summed E-state index contributed by atoms with van der Waals surface area (Å²) in [6.07, 6.45) is 3.23. The van der Waals surface area contributed by atoms with Crippen LogP contribution in [0.15, 0.2) is 60.2 Å². The lowest BCUT2D eigenvalue weighted by Crippen LogP contribution is -2.64. The minimum Gasteiger partial charge on any atom is -0.462 e. The molecule has 10 nitrogen and oxygen atoms in total. The Balaban J connectivity index is 1.87. The lowest BCUT2D eigenvalue weighted by atomic mass is 9.79. The number of nitrogens with zero attached hydrogens (tertiary/aromatic N) is 1. The van der Waals surface area contributed by atoms with Crippen molar-refractivity contribution in [3.63, 3.8) is 0 Å². The van der Waals surface area contributed by atoms with Crippen LogP contribution in [0.3, 0.4) is 0 Å². The molecule has 2 N–H and O–H groups in total. The number of alkyl halides is 1. The van der Waals surface area contributed by atoms with Crippen molar-refractivity contribution in [2.24, 2.45) is 23.7 Å². The van der Waals surface area contributed by atoms with Crippen molar-refractivity contribution in [2.75, 3.05) is 27.4 Å². The first-order valence-corrected chi connectivity index (χ1v) is 18.6. The lowest BCUT2D eigenvalue weighted by molar-refractivity contribution is -0.308. The molecule has 53 heavy (non-hydrogen) atoms. The second-order valence-electron chi connectivity index (χ2n) is 14.7. The van der Waals surface area contributed by atoms with E-state index in [1.165, 1.54) is 18.2 Å². The molecule has 2 heterocycles. The minimum atomic E-state index is -1.31. The largest absolute Gasteiger partial charge is 0.462 e. The fourth-order valence-corrected chi connectivity index (χ4v) is 7.19. The van der Waals surface area contributed by atoms with Gasteiger partial charge in [0.25, 0.3) is 0 Å². The molecule has 0 amide bonds. The SMILES string of the molecule is CC[C@H]1OC(=O)C[C@@H](O)[C@H](C)[C@@H](O[C@@H]2O[C@H](C)[C@@H](OC/C=C/Cc3ccc(F)cc3)[C@H](N(C)C)[C@H]2O)[C@@H](CC=O)C[C@@H](C)C(=O)/C=C/C(C)=C/[C@@H]1CF. The second kappa shape index (κ2) is 21.7. The number of hydrogen-bond acceptors (Lipinski definition) is 10. The van der Waals surface area contributed by atoms with Gasteiger partial charge in [0.2, 0.25) is 0 Å². The molecule has 2 aliphatic heterocycles. The van der Waals surface area contributed by atoms with Gasteiger partial charge in [-0.25, -0.2) is 4.39 Å². The normalized spacial score (nSPS) is 35.5. The van der Waals surface area contributed by atoms with Crippen molar-refractivity contribution < 1.29 is 52.3 Å². The molecule has 3 rings (SSSR count). The van der Waals surface area contributed by atoms with E-state index in [1.807, 2.05) is 17.1 Å². The van der Waals surface area contributed by atoms with Crippen molar-refractivity contribution in [2.45, 2.75) is 116 Å². The van der Waals surface area contributed by atoms with E-state index in [-0.39, 0.29) is 31.0 Å². The minimum absolute atomic E-state index is 0.0198. The molecule has 0 unspecified atom stereocenters. The summed E-state index contributed by atoms with van der Waals surface area (Å²) in [7, 11) is 3.61. The van der Waals surface area contributed by atoms with Crippen LogP contribution in [-0.4, -0.2) is 109 Å². The molecule has 0 bridgehead atoms. The quantitative estimate of drug-likeness (QED) is 0.164. The van der Waals surface area contributed by atoms with Gasteiger partial charge in [-0.15, -0.1) is 0 Å². The Morgan fingerprint density at radius 1 is 1.04 bits per heavy atom. The summed E-state index contributed by atoms with van der Waals surface area (Å²) in [6, 6.07) is 5.66. The molecule has 0 aromatic heterocycles. The number of carbonyl (C=O) groups is 3. The highest BCUT2D eigenvalue weighted by atomic mass is 19.1. The zero-order chi connectivity index (χ0) is 39.2. The zero-order valence-electron chi connectivity index (χ0n) is 32.1. The third kappa shape index (κ3) is 13.0. The maximum atomic E-state index is 14.1. The van der Waals surface area contributed by atoms with Gasteiger partial charge in [0.05, 0.1) is 44.1 Å². The highest BCUT2D eigenvalue weighted by Crippen LogP contribution is 2.35. The Bertz CT molecular complexity index is 1400. The highest BCUT2D eigenvalue weighted by Gasteiger charge is 2.48. The summed E-state index contributed by atoms with van der Waals surface area (Å²) in [4.78, 5) is 40.3. The monoisotopic (exact) mass is 747 g/mol. The van der Waals surface area contributed by atoms with E-state index in [4.69, 9.17) is 18.9 Å². The Hall–Kier alpha value is -3.13. The second-order valence-corrected chi connectivity index (χ2v) is 14.7. The maximum Gasteiger partial charge on any atom is 0.308 e. The van der Waals surface area contributed by atoms with Crippen LogP contribution in [0.2, 0.25) is 0 Å². The Labute approximate surface area is 313 Å². The topological polar surface area (TPSA) is 132 Å². The predicted molar refractivity (Wildman–Crippen MR) is 197 cm³/mol. The molecular weight excluding hydrogens is 688 g/mol. The molecule has 1 saturated heterocycles. The summed E-state index contributed by atoms with van der Waals surface area (Å²) < 4.78 is 52.0. The van der Waals surface area contributed by atoms with Gasteiger partial charge in [0.1, 0.15) is 30.4 Å². The van der Waals surface area contributed by atoms with Crippen LogP contribution < -0.4 is 0 Å². The molecule has 2 aliphatic rings. The fraction of sp³-hybridized carbons (Fsp3) is 0.634. The molecule has 0 aliphatic carbocycles. The number of benzene rings is 1. The number of ketones is 1. The van der Waals surface area contributed by atoms with Gasteiger partial charge < -0.3 is 38.9 Å². The number of cyclic esters (lactones) is 1. The summed E-state index contributed by atoms with van der Waals surface area (Å²) in [5, 5.41) is 23.2. The number of aldehydes is 1. The van der Waals surface area contributed by atoms with Crippen molar-refractivity contribution in [3.8, 4) is 0 Å².